The second kappa shape index (κ2) is 5.28. The average Bonchev–Trinajstić information content (AvgIpc) is 2.39. The molecule has 0 spiro atoms. The molecule has 0 aromatic carbocycles. The smallest absolute Gasteiger partial charge is 0.105 e. The van der Waals surface area contributed by atoms with Crippen molar-refractivity contribution < 1.29 is 9.47 Å². The first-order chi connectivity index (χ1) is 7.35. The van der Waals surface area contributed by atoms with Gasteiger partial charge in [0.05, 0.1) is 18.8 Å². The Morgan fingerprint density at radius 3 is 2.33 bits per heavy atom. The van der Waals surface area contributed by atoms with Crippen LogP contribution in [-0.2, 0) is 9.47 Å². The summed E-state index contributed by atoms with van der Waals surface area (Å²) in [6.07, 6.45) is 8.15. The summed E-state index contributed by atoms with van der Waals surface area (Å²) in [5.41, 5.74) is 0.0969. The third-order valence-corrected chi connectivity index (χ3v) is 3.54. The predicted octanol–water partition coefficient (Wildman–Crippen LogP) is 1.71. The molecule has 1 N–H and O–H groups in total. The monoisotopic (exact) mass is 213 g/mol. The Labute approximate surface area is 92.5 Å². The van der Waals surface area contributed by atoms with Crippen LogP contribution in [0.15, 0.2) is 0 Å². The van der Waals surface area contributed by atoms with Crippen molar-refractivity contribution in [2.45, 2.75) is 50.2 Å². The van der Waals surface area contributed by atoms with Crippen molar-refractivity contribution in [3.8, 4) is 0 Å². The van der Waals surface area contributed by atoms with Crippen LogP contribution in [0.4, 0.5) is 0 Å². The highest BCUT2D eigenvalue weighted by Gasteiger charge is 2.36. The van der Waals surface area contributed by atoms with E-state index in [0.29, 0.717) is 6.10 Å². The maximum absolute atomic E-state index is 6.25. The Morgan fingerprint density at radius 1 is 1.20 bits per heavy atom. The van der Waals surface area contributed by atoms with E-state index < -0.39 is 0 Å². The van der Waals surface area contributed by atoms with Gasteiger partial charge in [0, 0.05) is 6.54 Å². The van der Waals surface area contributed by atoms with E-state index in [1.807, 2.05) is 7.05 Å². The van der Waals surface area contributed by atoms with Gasteiger partial charge in [-0.1, -0.05) is 25.7 Å². The third-order valence-electron chi connectivity index (χ3n) is 3.54. The Bertz CT molecular complexity index is 184. The molecule has 88 valence electrons. The molecule has 0 radical (unpaired) electrons. The van der Waals surface area contributed by atoms with Crippen molar-refractivity contribution in [1.29, 1.82) is 0 Å². The molecule has 2 rings (SSSR count). The number of rotatable bonds is 4. The van der Waals surface area contributed by atoms with Crippen LogP contribution < -0.4 is 5.32 Å². The summed E-state index contributed by atoms with van der Waals surface area (Å²) in [5, 5.41) is 3.29. The topological polar surface area (TPSA) is 30.5 Å². The van der Waals surface area contributed by atoms with Crippen LogP contribution >= 0.6 is 0 Å². The number of likely N-dealkylation sites (N-methyl/N-ethyl adjacent to an activating group) is 1. The Hall–Kier alpha value is -0.120. The first-order valence-corrected chi connectivity index (χ1v) is 6.25. The third kappa shape index (κ3) is 2.92. The van der Waals surface area contributed by atoms with Gasteiger partial charge in [-0.3, -0.25) is 0 Å². The van der Waals surface area contributed by atoms with Gasteiger partial charge in [-0.05, 0) is 19.9 Å². The van der Waals surface area contributed by atoms with Crippen molar-refractivity contribution >= 4 is 0 Å². The number of ether oxygens (including phenoxy) is 2. The van der Waals surface area contributed by atoms with Gasteiger partial charge in [0.1, 0.15) is 6.10 Å². The van der Waals surface area contributed by atoms with Crippen molar-refractivity contribution in [1.82, 2.24) is 5.32 Å². The molecule has 1 aliphatic carbocycles. The molecule has 1 saturated carbocycles. The van der Waals surface area contributed by atoms with Crippen LogP contribution in [-0.4, -0.2) is 38.5 Å². The van der Waals surface area contributed by atoms with Crippen molar-refractivity contribution in [2.75, 3.05) is 26.8 Å². The highest BCUT2D eigenvalue weighted by molar-refractivity contribution is 4.87. The summed E-state index contributed by atoms with van der Waals surface area (Å²) >= 11 is 0. The van der Waals surface area contributed by atoms with Gasteiger partial charge in [-0.15, -0.1) is 0 Å². The molecule has 2 fully saturated rings. The summed E-state index contributed by atoms with van der Waals surface area (Å²) in [6, 6.07) is 0. The van der Waals surface area contributed by atoms with Crippen molar-refractivity contribution in [3.63, 3.8) is 0 Å². The second-order valence-electron chi connectivity index (χ2n) is 4.90. The van der Waals surface area contributed by atoms with Crippen molar-refractivity contribution in [2.24, 2.45) is 0 Å². The van der Waals surface area contributed by atoms with Crippen LogP contribution in [0.1, 0.15) is 38.5 Å². The second-order valence-corrected chi connectivity index (χ2v) is 4.90. The lowest BCUT2D eigenvalue weighted by Gasteiger charge is -2.39. The van der Waals surface area contributed by atoms with E-state index in [-0.39, 0.29) is 5.60 Å². The van der Waals surface area contributed by atoms with Gasteiger partial charge >= 0.3 is 0 Å². The number of hydrogen-bond donors (Lipinski definition) is 1. The van der Waals surface area contributed by atoms with E-state index in [9.17, 15) is 0 Å². The van der Waals surface area contributed by atoms with Gasteiger partial charge in [0.25, 0.3) is 0 Å². The van der Waals surface area contributed by atoms with Crippen molar-refractivity contribution in [3.05, 3.63) is 0 Å². The Balaban J connectivity index is 1.92. The maximum Gasteiger partial charge on any atom is 0.105 e. The largest absolute Gasteiger partial charge is 0.376 e. The molecule has 0 aromatic heterocycles. The predicted molar refractivity (Wildman–Crippen MR) is 60.1 cm³/mol. The first kappa shape index (κ1) is 11.4. The van der Waals surface area contributed by atoms with E-state index >= 15 is 0 Å². The first-order valence-electron chi connectivity index (χ1n) is 6.25. The molecule has 0 atom stereocenters. The quantitative estimate of drug-likeness (QED) is 0.721. The molecule has 0 amide bonds. The van der Waals surface area contributed by atoms with Gasteiger partial charge < -0.3 is 14.8 Å². The Kier molecular flexibility index (Phi) is 4.00. The van der Waals surface area contributed by atoms with Crippen LogP contribution in [0, 0.1) is 0 Å². The maximum atomic E-state index is 6.25. The SMILES string of the molecule is CNCC1(OC2COC2)CCCCCC1. The van der Waals surface area contributed by atoms with Crippen LogP contribution in [0.3, 0.4) is 0 Å². The molecule has 0 aromatic rings. The number of nitrogens with one attached hydrogen (secondary N) is 1. The average molecular weight is 213 g/mol. The molecule has 15 heavy (non-hydrogen) atoms. The van der Waals surface area contributed by atoms with Gasteiger partial charge in [-0.25, -0.2) is 0 Å². The van der Waals surface area contributed by atoms with E-state index in [4.69, 9.17) is 9.47 Å². The van der Waals surface area contributed by atoms with E-state index in [0.717, 1.165) is 19.8 Å². The Morgan fingerprint density at radius 2 is 1.87 bits per heavy atom. The molecule has 3 nitrogen and oxygen atoms in total. The minimum atomic E-state index is 0.0969. The highest BCUT2D eigenvalue weighted by Crippen LogP contribution is 2.32. The minimum absolute atomic E-state index is 0.0969. The van der Waals surface area contributed by atoms with E-state index in [1.54, 1.807) is 0 Å². The molecule has 1 saturated heterocycles. The fourth-order valence-electron chi connectivity index (χ4n) is 2.67. The zero-order chi connectivity index (χ0) is 10.6. The fraction of sp³-hybridized carbons (Fsp3) is 1.00. The van der Waals surface area contributed by atoms with Crippen LogP contribution in [0.2, 0.25) is 0 Å². The lowest BCUT2D eigenvalue weighted by atomic mass is 9.93. The molecule has 0 unspecified atom stereocenters. The van der Waals surface area contributed by atoms with Gasteiger partial charge in [0.15, 0.2) is 0 Å². The normalized spacial score (nSPS) is 27.0. The minimum Gasteiger partial charge on any atom is -0.376 e. The van der Waals surface area contributed by atoms with E-state index in [2.05, 4.69) is 5.32 Å². The molecule has 3 heteroatoms. The van der Waals surface area contributed by atoms with Gasteiger partial charge in [0.2, 0.25) is 0 Å². The molecule has 0 bridgehead atoms. The summed E-state index contributed by atoms with van der Waals surface area (Å²) < 4.78 is 11.4. The summed E-state index contributed by atoms with van der Waals surface area (Å²) in [5.74, 6) is 0. The molecule has 2 aliphatic rings. The fourth-order valence-corrected chi connectivity index (χ4v) is 2.67. The molecular weight excluding hydrogens is 190 g/mol. The lowest BCUT2D eigenvalue weighted by molar-refractivity contribution is -0.195. The van der Waals surface area contributed by atoms with E-state index in [1.165, 1.54) is 38.5 Å². The zero-order valence-corrected chi connectivity index (χ0v) is 9.76. The summed E-state index contributed by atoms with van der Waals surface area (Å²) in [6.45, 7) is 2.58. The van der Waals surface area contributed by atoms with Crippen LogP contribution in [0.5, 0.6) is 0 Å². The molecular formula is C12H23NO2. The zero-order valence-electron chi connectivity index (χ0n) is 9.76. The standard InChI is InChI=1S/C12H23NO2/c1-13-10-12(15-11-8-14-9-11)6-4-2-3-5-7-12/h11,13H,2-10H2,1H3. The highest BCUT2D eigenvalue weighted by atomic mass is 16.6. The molecule has 1 aliphatic heterocycles. The summed E-state index contributed by atoms with van der Waals surface area (Å²) in [4.78, 5) is 0. The molecule has 1 heterocycles. The summed E-state index contributed by atoms with van der Waals surface area (Å²) in [7, 11) is 2.02. The lowest BCUT2D eigenvalue weighted by Crippen LogP contribution is -2.49. The van der Waals surface area contributed by atoms with Gasteiger partial charge in [-0.2, -0.15) is 0 Å². The van der Waals surface area contributed by atoms with Crippen LogP contribution in [0.25, 0.3) is 0 Å². The number of hydrogen-bond acceptors (Lipinski definition) is 3.